The summed E-state index contributed by atoms with van der Waals surface area (Å²) in [5.41, 5.74) is 0.926. The van der Waals surface area contributed by atoms with Crippen LogP contribution in [-0.2, 0) is 9.53 Å². The number of ether oxygens (including phenoxy) is 1. The summed E-state index contributed by atoms with van der Waals surface area (Å²) in [6, 6.07) is 6.72. The Kier molecular flexibility index (Phi) is 4.54. The molecule has 0 N–H and O–H groups in total. The maximum atomic E-state index is 13.5. The second kappa shape index (κ2) is 6.56. The molecule has 0 radical (unpaired) electrons. The smallest absolute Gasteiger partial charge is 0.226 e. The highest BCUT2D eigenvalue weighted by Gasteiger charge is 2.33. The summed E-state index contributed by atoms with van der Waals surface area (Å²) in [4.78, 5) is 14.8. The van der Waals surface area contributed by atoms with E-state index >= 15 is 0 Å². The van der Waals surface area contributed by atoms with Gasteiger partial charge in [0, 0.05) is 25.7 Å². The predicted octanol–water partition coefficient (Wildman–Crippen LogP) is 3.31. The van der Waals surface area contributed by atoms with Crippen molar-refractivity contribution in [2.45, 2.75) is 38.1 Å². The number of piperidine rings is 1. The summed E-state index contributed by atoms with van der Waals surface area (Å²) in [5, 5.41) is 0. The molecule has 1 atom stereocenters. The topological polar surface area (TPSA) is 29.5 Å². The van der Waals surface area contributed by atoms with E-state index in [0.29, 0.717) is 13.2 Å². The number of nitrogens with zero attached hydrogens (tertiary/aromatic N) is 1. The van der Waals surface area contributed by atoms with E-state index in [0.717, 1.165) is 44.2 Å². The fraction of sp³-hybridized carbons (Fsp3) is 0.588. The Balaban J connectivity index is 1.79. The Hall–Kier alpha value is -1.42. The van der Waals surface area contributed by atoms with Gasteiger partial charge >= 0.3 is 0 Å². The van der Waals surface area contributed by atoms with Crippen molar-refractivity contribution < 1.29 is 13.9 Å². The molecule has 0 aliphatic carbocycles. The maximum absolute atomic E-state index is 13.5. The third kappa shape index (κ3) is 3.26. The molecule has 1 amide bonds. The number of likely N-dealkylation sites (tertiary alicyclic amines) is 1. The molecule has 2 aliphatic rings. The molecule has 1 aromatic rings. The highest BCUT2D eigenvalue weighted by molar-refractivity contribution is 5.79. The summed E-state index contributed by atoms with van der Waals surface area (Å²) in [5.74, 6) is 0.0803. The van der Waals surface area contributed by atoms with Crippen LogP contribution in [0.5, 0.6) is 0 Å². The average Bonchev–Trinajstić information content (AvgIpc) is 2.55. The van der Waals surface area contributed by atoms with Gasteiger partial charge in [-0.3, -0.25) is 4.79 Å². The minimum absolute atomic E-state index is 0.0322. The fourth-order valence-corrected chi connectivity index (χ4v) is 3.43. The molecule has 2 aliphatic heterocycles. The molecule has 0 unspecified atom stereocenters. The first-order valence-corrected chi connectivity index (χ1v) is 7.89. The van der Waals surface area contributed by atoms with Crippen molar-refractivity contribution in [3.05, 3.63) is 35.6 Å². The second-order valence-electron chi connectivity index (χ2n) is 5.98. The van der Waals surface area contributed by atoms with Gasteiger partial charge in [-0.1, -0.05) is 12.1 Å². The minimum atomic E-state index is -0.225. The highest BCUT2D eigenvalue weighted by Crippen LogP contribution is 2.33. The lowest BCUT2D eigenvalue weighted by Gasteiger charge is -2.39. The maximum Gasteiger partial charge on any atom is 0.226 e. The van der Waals surface area contributed by atoms with Crippen LogP contribution in [0.4, 0.5) is 4.39 Å². The Morgan fingerprint density at radius 2 is 2.00 bits per heavy atom. The molecule has 0 spiro atoms. The van der Waals surface area contributed by atoms with Crippen LogP contribution in [-0.4, -0.2) is 30.6 Å². The molecule has 0 aromatic heterocycles. The number of amides is 1. The molecule has 2 saturated heterocycles. The molecule has 0 bridgehead atoms. The average molecular weight is 291 g/mol. The van der Waals surface area contributed by atoms with Crippen molar-refractivity contribution in [1.29, 1.82) is 0 Å². The Morgan fingerprint density at radius 3 is 2.76 bits per heavy atom. The largest absolute Gasteiger partial charge is 0.381 e. The van der Waals surface area contributed by atoms with Gasteiger partial charge in [-0.15, -0.1) is 0 Å². The zero-order valence-electron chi connectivity index (χ0n) is 12.3. The van der Waals surface area contributed by atoms with Gasteiger partial charge in [0.15, 0.2) is 0 Å². The van der Waals surface area contributed by atoms with Crippen LogP contribution in [0.1, 0.15) is 43.7 Å². The molecule has 2 heterocycles. The lowest BCUT2D eigenvalue weighted by Crippen LogP contribution is -2.43. The molecular weight excluding hydrogens is 269 g/mol. The standard InChI is InChI=1S/C17H22FNO2/c18-15-5-3-4-14(12-15)16-6-1-2-9-19(16)17(20)13-7-10-21-11-8-13/h3-5,12-13,16H,1-2,6-11H2/t16-/m1/s1. The van der Waals surface area contributed by atoms with Gasteiger partial charge in [-0.05, 0) is 49.8 Å². The van der Waals surface area contributed by atoms with Crippen LogP contribution in [0, 0.1) is 11.7 Å². The molecular formula is C17H22FNO2. The number of hydrogen-bond acceptors (Lipinski definition) is 2. The van der Waals surface area contributed by atoms with E-state index in [4.69, 9.17) is 4.74 Å². The third-order valence-corrected chi connectivity index (χ3v) is 4.59. The van der Waals surface area contributed by atoms with Gasteiger partial charge in [0.25, 0.3) is 0 Å². The first-order valence-electron chi connectivity index (χ1n) is 7.89. The van der Waals surface area contributed by atoms with E-state index in [-0.39, 0.29) is 23.7 Å². The van der Waals surface area contributed by atoms with E-state index < -0.39 is 0 Å². The summed E-state index contributed by atoms with van der Waals surface area (Å²) in [6.45, 7) is 2.14. The summed E-state index contributed by atoms with van der Waals surface area (Å²) in [7, 11) is 0. The lowest BCUT2D eigenvalue weighted by molar-refractivity contribution is -0.142. The van der Waals surface area contributed by atoms with Crippen LogP contribution in [0.2, 0.25) is 0 Å². The predicted molar refractivity (Wildman–Crippen MR) is 78.2 cm³/mol. The quantitative estimate of drug-likeness (QED) is 0.836. The summed E-state index contributed by atoms with van der Waals surface area (Å²) in [6.07, 6.45) is 4.69. The van der Waals surface area contributed by atoms with Crippen molar-refractivity contribution in [3.63, 3.8) is 0 Å². The molecule has 0 saturated carbocycles. The molecule has 114 valence electrons. The normalized spacial score (nSPS) is 24.0. The van der Waals surface area contributed by atoms with Crippen LogP contribution in [0.25, 0.3) is 0 Å². The van der Waals surface area contributed by atoms with Crippen molar-refractivity contribution >= 4 is 5.91 Å². The Morgan fingerprint density at radius 1 is 1.19 bits per heavy atom. The Labute approximate surface area is 125 Å². The van der Waals surface area contributed by atoms with Crippen LogP contribution < -0.4 is 0 Å². The van der Waals surface area contributed by atoms with Gasteiger partial charge in [0.1, 0.15) is 5.82 Å². The second-order valence-corrected chi connectivity index (χ2v) is 5.98. The lowest BCUT2D eigenvalue weighted by atomic mass is 9.91. The number of benzene rings is 1. The third-order valence-electron chi connectivity index (χ3n) is 4.59. The van der Waals surface area contributed by atoms with Gasteiger partial charge < -0.3 is 9.64 Å². The van der Waals surface area contributed by atoms with Crippen molar-refractivity contribution in [3.8, 4) is 0 Å². The molecule has 3 rings (SSSR count). The molecule has 4 heteroatoms. The highest BCUT2D eigenvalue weighted by atomic mass is 19.1. The van der Waals surface area contributed by atoms with Crippen LogP contribution >= 0.6 is 0 Å². The molecule has 2 fully saturated rings. The summed E-state index contributed by atoms with van der Waals surface area (Å²) >= 11 is 0. The zero-order valence-corrected chi connectivity index (χ0v) is 12.3. The molecule has 1 aromatic carbocycles. The molecule has 3 nitrogen and oxygen atoms in total. The SMILES string of the molecule is O=C(C1CCOCC1)N1CCCC[C@@H]1c1cccc(F)c1. The number of carbonyl (C=O) groups excluding carboxylic acids is 1. The van der Waals surface area contributed by atoms with Gasteiger partial charge in [-0.2, -0.15) is 0 Å². The van der Waals surface area contributed by atoms with E-state index in [1.807, 2.05) is 11.0 Å². The Bertz CT molecular complexity index is 499. The van der Waals surface area contributed by atoms with Crippen molar-refractivity contribution in [2.75, 3.05) is 19.8 Å². The molecule has 21 heavy (non-hydrogen) atoms. The zero-order chi connectivity index (χ0) is 14.7. The van der Waals surface area contributed by atoms with E-state index in [2.05, 4.69) is 0 Å². The van der Waals surface area contributed by atoms with E-state index in [9.17, 15) is 9.18 Å². The number of halogens is 1. The number of hydrogen-bond donors (Lipinski definition) is 0. The number of rotatable bonds is 2. The van der Waals surface area contributed by atoms with Gasteiger partial charge in [0.2, 0.25) is 5.91 Å². The minimum Gasteiger partial charge on any atom is -0.381 e. The van der Waals surface area contributed by atoms with Crippen molar-refractivity contribution in [2.24, 2.45) is 5.92 Å². The van der Waals surface area contributed by atoms with Gasteiger partial charge in [0.05, 0.1) is 6.04 Å². The monoisotopic (exact) mass is 291 g/mol. The fourth-order valence-electron chi connectivity index (χ4n) is 3.43. The van der Waals surface area contributed by atoms with Crippen LogP contribution in [0.3, 0.4) is 0 Å². The first kappa shape index (κ1) is 14.5. The van der Waals surface area contributed by atoms with E-state index in [1.54, 1.807) is 12.1 Å². The van der Waals surface area contributed by atoms with Gasteiger partial charge in [-0.25, -0.2) is 4.39 Å². The van der Waals surface area contributed by atoms with Crippen LogP contribution in [0.15, 0.2) is 24.3 Å². The summed E-state index contributed by atoms with van der Waals surface area (Å²) < 4.78 is 18.8. The van der Waals surface area contributed by atoms with E-state index in [1.165, 1.54) is 6.07 Å². The van der Waals surface area contributed by atoms with Crippen molar-refractivity contribution in [1.82, 2.24) is 4.90 Å². The number of carbonyl (C=O) groups is 1. The first-order chi connectivity index (χ1) is 10.3.